The van der Waals surface area contributed by atoms with Crippen molar-refractivity contribution < 1.29 is 14.5 Å². The fraction of sp³-hybridized carbons (Fsp3) is 0.0667. The summed E-state index contributed by atoms with van der Waals surface area (Å²) in [7, 11) is 1.36. The van der Waals surface area contributed by atoms with Gasteiger partial charge in [-0.05, 0) is 36.4 Å². The summed E-state index contributed by atoms with van der Waals surface area (Å²) in [4.78, 5) is 22.2. The molecule has 0 aliphatic carbocycles. The highest BCUT2D eigenvalue weighted by molar-refractivity contribution is 9.10. The van der Waals surface area contributed by atoms with Crippen molar-refractivity contribution in [3.63, 3.8) is 0 Å². The Bertz CT molecular complexity index is 760. The summed E-state index contributed by atoms with van der Waals surface area (Å²) in [6.45, 7) is 0. The molecule has 0 unspecified atom stereocenters. The summed E-state index contributed by atoms with van der Waals surface area (Å²) in [6, 6.07) is 11.2. The van der Waals surface area contributed by atoms with Gasteiger partial charge in [-0.25, -0.2) is 5.43 Å². The monoisotopic (exact) mass is 377 g/mol. The Morgan fingerprint density at radius 3 is 2.61 bits per heavy atom. The second-order valence-corrected chi connectivity index (χ2v) is 5.31. The van der Waals surface area contributed by atoms with Gasteiger partial charge in [0, 0.05) is 21.7 Å². The highest BCUT2D eigenvalue weighted by Crippen LogP contribution is 2.26. The minimum atomic E-state index is -0.545. The van der Waals surface area contributed by atoms with Gasteiger partial charge in [0.05, 0.1) is 18.2 Å². The Morgan fingerprint density at radius 1 is 1.30 bits per heavy atom. The molecule has 0 aliphatic heterocycles. The third kappa shape index (κ3) is 4.36. The molecule has 0 aromatic heterocycles. The van der Waals surface area contributed by atoms with Crippen LogP contribution in [-0.4, -0.2) is 24.2 Å². The summed E-state index contributed by atoms with van der Waals surface area (Å²) in [5.41, 5.74) is 3.10. The molecule has 0 spiro atoms. The molecule has 0 atom stereocenters. The molecule has 0 saturated carbocycles. The van der Waals surface area contributed by atoms with E-state index in [-0.39, 0.29) is 17.3 Å². The molecular weight excluding hydrogens is 366 g/mol. The Labute approximate surface area is 140 Å². The highest BCUT2D eigenvalue weighted by Gasteiger charge is 2.14. The number of amides is 1. The average molecular weight is 378 g/mol. The number of nitro benzene ring substituents is 1. The van der Waals surface area contributed by atoms with Crippen molar-refractivity contribution >= 4 is 33.7 Å². The van der Waals surface area contributed by atoms with Crippen LogP contribution < -0.4 is 10.2 Å². The molecule has 1 N–H and O–H groups in total. The van der Waals surface area contributed by atoms with Gasteiger partial charge in [0.1, 0.15) is 0 Å². The van der Waals surface area contributed by atoms with Crippen LogP contribution in [0.3, 0.4) is 0 Å². The van der Waals surface area contributed by atoms with Crippen LogP contribution in [0.15, 0.2) is 52.0 Å². The lowest BCUT2D eigenvalue weighted by Gasteiger charge is -2.02. The fourth-order valence-electron chi connectivity index (χ4n) is 1.76. The van der Waals surface area contributed by atoms with Crippen LogP contribution in [0.25, 0.3) is 0 Å². The first-order valence-electron chi connectivity index (χ1n) is 6.42. The maximum Gasteiger partial charge on any atom is 0.311 e. The van der Waals surface area contributed by atoms with Crippen LogP contribution in [0.2, 0.25) is 0 Å². The topological polar surface area (TPSA) is 93.8 Å². The van der Waals surface area contributed by atoms with E-state index >= 15 is 0 Å². The molecular formula is C15H12BrN3O4. The number of hydrazone groups is 1. The van der Waals surface area contributed by atoms with Crippen molar-refractivity contribution in [3.8, 4) is 5.75 Å². The van der Waals surface area contributed by atoms with Crippen molar-refractivity contribution in [2.24, 2.45) is 5.10 Å². The van der Waals surface area contributed by atoms with E-state index in [2.05, 4.69) is 26.5 Å². The van der Waals surface area contributed by atoms with Gasteiger partial charge in [-0.2, -0.15) is 5.10 Å². The van der Waals surface area contributed by atoms with E-state index in [0.717, 1.165) is 4.47 Å². The lowest BCUT2D eigenvalue weighted by atomic mass is 10.2. The van der Waals surface area contributed by atoms with Crippen LogP contribution in [0.1, 0.15) is 15.9 Å². The van der Waals surface area contributed by atoms with E-state index in [4.69, 9.17) is 4.74 Å². The summed E-state index contributed by atoms with van der Waals surface area (Å²) >= 11 is 3.28. The largest absolute Gasteiger partial charge is 0.490 e. The second-order valence-electron chi connectivity index (χ2n) is 4.39. The van der Waals surface area contributed by atoms with Crippen molar-refractivity contribution in [1.82, 2.24) is 5.43 Å². The van der Waals surface area contributed by atoms with E-state index in [1.54, 1.807) is 30.3 Å². The molecule has 0 fully saturated rings. The normalized spacial score (nSPS) is 10.5. The fourth-order valence-corrected chi connectivity index (χ4v) is 2.03. The van der Waals surface area contributed by atoms with Gasteiger partial charge in [0.15, 0.2) is 5.75 Å². The Balaban J connectivity index is 2.08. The Kier molecular flexibility index (Phi) is 5.42. The van der Waals surface area contributed by atoms with E-state index in [1.807, 2.05) is 0 Å². The zero-order chi connectivity index (χ0) is 16.8. The molecule has 2 aromatic carbocycles. The maximum atomic E-state index is 11.9. The second kappa shape index (κ2) is 7.50. The first-order valence-corrected chi connectivity index (χ1v) is 7.22. The molecule has 23 heavy (non-hydrogen) atoms. The number of carbonyl (C=O) groups excluding carboxylic acids is 1. The van der Waals surface area contributed by atoms with Gasteiger partial charge in [-0.1, -0.05) is 15.9 Å². The van der Waals surface area contributed by atoms with Crippen molar-refractivity contribution in [3.05, 3.63) is 68.2 Å². The number of nitrogens with one attached hydrogen (secondary N) is 1. The predicted molar refractivity (Wildman–Crippen MR) is 88.9 cm³/mol. The van der Waals surface area contributed by atoms with E-state index < -0.39 is 4.92 Å². The lowest BCUT2D eigenvalue weighted by Crippen LogP contribution is -2.17. The average Bonchev–Trinajstić information content (AvgIpc) is 2.55. The first-order chi connectivity index (χ1) is 11.0. The van der Waals surface area contributed by atoms with E-state index in [0.29, 0.717) is 11.1 Å². The van der Waals surface area contributed by atoms with Crippen molar-refractivity contribution in [2.45, 2.75) is 0 Å². The third-order valence-electron chi connectivity index (χ3n) is 2.89. The smallest absolute Gasteiger partial charge is 0.311 e. The molecule has 7 nitrogen and oxygen atoms in total. The number of ether oxygens (including phenoxy) is 1. The summed E-state index contributed by atoms with van der Waals surface area (Å²) in [6.07, 6.45) is 1.32. The van der Waals surface area contributed by atoms with E-state index in [9.17, 15) is 14.9 Å². The number of methoxy groups -OCH3 is 1. The van der Waals surface area contributed by atoms with Gasteiger partial charge >= 0.3 is 5.69 Å². The molecule has 8 heteroatoms. The maximum absolute atomic E-state index is 11.9. The summed E-state index contributed by atoms with van der Waals surface area (Å²) in [5.74, 6) is -0.220. The molecule has 0 saturated heterocycles. The van der Waals surface area contributed by atoms with Gasteiger partial charge in [0.25, 0.3) is 5.91 Å². The summed E-state index contributed by atoms with van der Waals surface area (Å²) in [5, 5.41) is 14.7. The molecule has 0 aliphatic rings. The standard InChI is InChI=1S/C15H12BrN3O4/c1-23-14-7-2-10(8-13(14)19(21)22)9-17-18-15(20)11-3-5-12(16)6-4-11/h2-9H,1H3,(H,18,20). The number of hydrogen-bond acceptors (Lipinski definition) is 5. The number of nitro groups is 1. The number of carbonyl (C=O) groups is 1. The molecule has 2 rings (SSSR count). The first kappa shape index (κ1) is 16.6. The van der Waals surface area contributed by atoms with E-state index in [1.165, 1.54) is 25.5 Å². The van der Waals surface area contributed by atoms with Gasteiger partial charge in [0.2, 0.25) is 0 Å². The number of hydrogen-bond donors (Lipinski definition) is 1. The van der Waals surface area contributed by atoms with Gasteiger partial charge in [-0.15, -0.1) is 0 Å². The number of rotatable bonds is 5. The Morgan fingerprint density at radius 2 is 2.00 bits per heavy atom. The molecule has 0 radical (unpaired) electrons. The third-order valence-corrected chi connectivity index (χ3v) is 3.41. The lowest BCUT2D eigenvalue weighted by molar-refractivity contribution is -0.385. The van der Waals surface area contributed by atoms with Crippen LogP contribution in [0.5, 0.6) is 5.75 Å². The zero-order valence-corrected chi connectivity index (χ0v) is 13.6. The van der Waals surface area contributed by atoms with Crippen LogP contribution >= 0.6 is 15.9 Å². The molecule has 118 valence electrons. The quantitative estimate of drug-likeness (QED) is 0.491. The van der Waals surface area contributed by atoms with Crippen molar-refractivity contribution in [2.75, 3.05) is 7.11 Å². The molecule has 1 amide bonds. The molecule has 0 heterocycles. The van der Waals surface area contributed by atoms with Gasteiger partial charge in [-0.3, -0.25) is 14.9 Å². The highest BCUT2D eigenvalue weighted by atomic mass is 79.9. The molecule has 0 bridgehead atoms. The van der Waals surface area contributed by atoms with Crippen molar-refractivity contribution in [1.29, 1.82) is 0 Å². The Hall–Kier alpha value is -2.74. The van der Waals surface area contributed by atoms with Crippen LogP contribution in [0.4, 0.5) is 5.69 Å². The minimum Gasteiger partial charge on any atom is -0.490 e. The van der Waals surface area contributed by atoms with Gasteiger partial charge < -0.3 is 4.74 Å². The zero-order valence-electron chi connectivity index (χ0n) is 12.0. The van der Waals surface area contributed by atoms with Crippen LogP contribution in [-0.2, 0) is 0 Å². The number of nitrogens with zero attached hydrogens (tertiary/aromatic N) is 2. The minimum absolute atomic E-state index is 0.158. The van der Waals surface area contributed by atoms with Crippen LogP contribution in [0, 0.1) is 10.1 Å². The SMILES string of the molecule is COc1ccc(C=NNC(=O)c2ccc(Br)cc2)cc1[N+](=O)[O-]. The summed E-state index contributed by atoms with van der Waals surface area (Å²) < 4.78 is 5.78. The molecule has 2 aromatic rings. The number of halogens is 1. The number of benzene rings is 2. The predicted octanol–water partition coefficient (Wildman–Crippen LogP) is 3.13.